The van der Waals surface area contributed by atoms with Crippen molar-refractivity contribution in [3.8, 4) is 0 Å². The van der Waals surface area contributed by atoms with Crippen LogP contribution in [-0.2, 0) is 14.3 Å². The minimum absolute atomic E-state index is 0.102. The van der Waals surface area contributed by atoms with Crippen LogP contribution in [0, 0.1) is 10.1 Å². The van der Waals surface area contributed by atoms with Crippen molar-refractivity contribution in [3.63, 3.8) is 0 Å². The van der Waals surface area contributed by atoms with Crippen LogP contribution in [0.4, 0.5) is 17.1 Å². The number of thioether (sulfide) groups is 1. The molecular weight excluding hydrogens is 444 g/mol. The fourth-order valence-electron chi connectivity index (χ4n) is 2.82. The van der Waals surface area contributed by atoms with E-state index in [2.05, 4.69) is 10.3 Å². The molecule has 3 rings (SSSR count). The van der Waals surface area contributed by atoms with Crippen LogP contribution in [0.1, 0.15) is 6.42 Å². The number of carbonyl (C=O) groups is 2. The zero-order valence-electron chi connectivity index (χ0n) is 16.5. The van der Waals surface area contributed by atoms with Gasteiger partial charge >= 0.3 is 0 Å². The number of rotatable bonds is 8. The average Bonchev–Trinajstić information content (AvgIpc) is 3.02. The van der Waals surface area contributed by atoms with E-state index in [4.69, 9.17) is 16.3 Å². The van der Waals surface area contributed by atoms with E-state index in [9.17, 15) is 19.7 Å². The van der Waals surface area contributed by atoms with E-state index < -0.39 is 16.1 Å². The molecule has 9 nitrogen and oxygen atoms in total. The van der Waals surface area contributed by atoms with Gasteiger partial charge in [0.2, 0.25) is 11.8 Å². The summed E-state index contributed by atoms with van der Waals surface area (Å²) in [4.78, 5) is 41.7. The molecule has 31 heavy (non-hydrogen) atoms. The second-order valence-electron chi connectivity index (χ2n) is 6.52. The maximum absolute atomic E-state index is 12.9. The molecule has 1 aliphatic rings. The number of amides is 2. The van der Waals surface area contributed by atoms with Gasteiger partial charge in [-0.15, -0.1) is 0 Å². The van der Waals surface area contributed by atoms with Crippen molar-refractivity contribution in [2.24, 2.45) is 4.99 Å². The number of amidine groups is 1. The number of carbonyl (C=O) groups excluding carboxylic acids is 2. The lowest BCUT2D eigenvalue weighted by Crippen LogP contribution is -2.35. The lowest BCUT2D eigenvalue weighted by Gasteiger charge is -2.15. The number of nitro groups is 1. The largest absolute Gasteiger partial charge is 0.383 e. The molecule has 162 valence electrons. The molecule has 0 aliphatic carbocycles. The Labute approximate surface area is 187 Å². The number of nitro benzene ring substituents is 1. The summed E-state index contributed by atoms with van der Waals surface area (Å²) < 4.78 is 5.08. The van der Waals surface area contributed by atoms with Crippen LogP contribution in [0.15, 0.2) is 53.5 Å². The Morgan fingerprint density at radius 2 is 2.06 bits per heavy atom. The Kier molecular flexibility index (Phi) is 7.61. The van der Waals surface area contributed by atoms with Gasteiger partial charge in [-0.25, -0.2) is 4.99 Å². The summed E-state index contributed by atoms with van der Waals surface area (Å²) >= 11 is 7.10. The Bertz CT molecular complexity index is 1010. The molecule has 1 saturated heterocycles. The van der Waals surface area contributed by atoms with Gasteiger partial charge in [0, 0.05) is 36.4 Å². The number of non-ortho nitro benzene ring substituents is 1. The fraction of sp³-hybridized carbons (Fsp3) is 0.250. The summed E-state index contributed by atoms with van der Waals surface area (Å²) in [6.07, 6.45) is -0.102. The van der Waals surface area contributed by atoms with E-state index in [-0.39, 0.29) is 18.0 Å². The minimum atomic E-state index is -0.665. The predicted octanol–water partition coefficient (Wildman–Crippen LogP) is 3.85. The summed E-state index contributed by atoms with van der Waals surface area (Å²) in [5.41, 5.74) is 0.789. The summed E-state index contributed by atoms with van der Waals surface area (Å²) in [7, 11) is 1.54. The van der Waals surface area contributed by atoms with Gasteiger partial charge < -0.3 is 10.1 Å². The Hall–Kier alpha value is -2.95. The number of methoxy groups -OCH3 is 1. The molecule has 1 heterocycles. The number of aliphatic imine (C=N–C) groups is 1. The van der Waals surface area contributed by atoms with Gasteiger partial charge in [-0.2, -0.15) is 0 Å². The van der Waals surface area contributed by atoms with Gasteiger partial charge in [0.25, 0.3) is 5.69 Å². The maximum atomic E-state index is 12.9. The molecule has 0 radical (unpaired) electrons. The molecule has 0 spiro atoms. The average molecular weight is 463 g/mol. The van der Waals surface area contributed by atoms with Crippen LogP contribution >= 0.6 is 23.4 Å². The van der Waals surface area contributed by atoms with E-state index in [0.717, 1.165) is 0 Å². The molecule has 1 fully saturated rings. The Balaban J connectivity index is 1.72. The zero-order valence-corrected chi connectivity index (χ0v) is 18.1. The van der Waals surface area contributed by atoms with Crippen LogP contribution in [0.25, 0.3) is 0 Å². The molecule has 1 N–H and O–H groups in total. The third kappa shape index (κ3) is 6.03. The van der Waals surface area contributed by atoms with Crippen molar-refractivity contribution in [2.45, 2.75) is 11.7 Å². The first-order chi connectivity index (χ1) is 14.9. The molecule has 0 saturated carbocycles. The van der Waals surface area contributed by atoms with Gasteiger partial charge in [-0.05, 0) is 30.3 Å². The van der Waals surface area contributed by atoms with E-state index in [1.807, 2.05) is 0 Å². The van der Waals surface area contributed by atoms with Crippen molar-refractivity contribution >= 4 is 57.4 Å². The van der Waals surface area contributed by atoms with E-state index in [1.165, 1.54) is 42.0 Å². The van der Waals surface area contributed by atoms with E-state index in [1.54, 1.807) is 30.3 Å². The van der Waals surface area contributed by atoms with Crippen LogP contribution in [0.3, 0.4) is 0 Å². The summed E-state index contributed by atoms with van der Waals surface area (Å²) in [6, 6.07) is 12.5. The van der Waals surface area contributed by atoms with E-state index in [0.29, 0.717) is 34.7 Å². The number of anilines is 1. The van der Waals surface area contributed by atoms with Crippen molar-refractivity contribution < 1.29 is 19.2 Å². The topological polar surface area (TPSA) is 114 Å². The summed E-state index contributed by atoms with van der Waals surface area (Å²) in [6.45, 7) is 0.621. The van der Waals surface area contributed by atoms with Crippen molar-refractivity contribution in [1.29, 1.82) is 0 Å². The second kappa shape index (κ2) is 10.4. The molecule has 0 aromatic heterocycles. The molecule has 1 aliphatic heterocycles. The van der Waals surface area contributed by atoms with Crippen LogP contribution in [-0.4, -0.2) is 52.3 Å². The lowest BCUT2D eigenvalue weighted by molar-refractivity contribution is -0.384. The standard InChI is InChI=1S/C20H19ClN4O5S/c1-30-10-9-24-19(27)17(31-20(24)23-14-7-5-13(21)6-8-14)12-18(26)22-15-3-2-4-16(11-15)25(28)29/h2-8,11,17H,9-10,12H2,1H3,(H,22,26). The number of halogens is 1. The first kappa shape index (κ1) is 22.7. The first-order valence-electron chi connectivity index (χ1n) is 9.23. The predicted molar refractivity (Wildman–Crippen MR) is 120 cm³/mol. The minimum Gasteiger partial charge on any atom is -0.383 e. The molecule has 1 atom stereocenters. The van der Waals surface area contributed by atoms with Crippen LogP contribution in [0.5, 0.6) is 0 Å². The highest BCUT2D eigenvalue weighted by molar-refractivity contribution is 8.15. The number of ether oxygens (including phenoxy) is 1. The number of hydrogen-bond donors (Lipinski definition) is 1. The highest BCUT2D eigenvalue weighted by atomic mass is 35.5. The normalized spacial score (nSPS) is 17.2. The molecule has 0 bridgehead atoms. The monoisotopic (exact) mass is 462 g/mol. The van der Waals surface area contributed by atoms with Crippen LogP contribution < -0.4 is 5.32 Å². The highest BCUT2D eigenvalue weighted by Crippen LogP contribution is 2.32. The first-order valence-corrected chi connectivity index (χ1v) is 10.5. The lowest BCUT2D eigenvalue weighted by atomic mass is 10.2. The number of benzene rings is 2. The fourth-order valence-corrected chi connectivity index (χ4v) is 4.13. The van der Waals surface area contributed by atoms with Gasteiger partial charge in [0.15, 0.2) is 5.17 Å². The summed E-state index contributed by atoms with van der Waals surface area (Å²) in [5, 5.41) is 13.9. The quantitative estimate of drug-likeness (QED) is 0.470. The number of nitrogens with one attached hydrogen (secondary N) is 1. The van der Waals surface area contributed by atoms with Gasteiger partial charge in [-0.1, -0.05) is 29.4 Å². The van der Waals surface area contributed by atoms with Crippen molar-refractivity contribution in [3.05, 3.63) is 63.7 Å². The van der Waals surface area contributed by atoms with Crippen LogP contribution in [0.2, 0.25) is 5.02 Å². The zero-order chi connectivity index (χ0) is 22.4. The molecule has 11 heteroatoms. The van der Waals surface area contributed by atoms with Gasteiger partial charge in [0.1, 0.15) is 5.25 Å². The number of hydrogen-bond acceptors (Lipinski definition) is 7. The number of nitrogens with zero attached hydrogens (tertiary/aromatic N) is 3. The third-order valence-electron chi connectivity index (χ3n) is 4.30. The second-order valence-corrected chi connectivity index (χ2v) is 8.13. The Morgan fingerprint density at radius 1 is 1.32 bits per heavy atom. The van der Waals surface area contributed by atoms with Crippen molar-refractivity contribution in [1.82, 2.24) is 4.90 Å². The summed E-state index contributed by atoms with van der Waals surface area (Å²) in [5.74, 6) is -0.672. The maximum Gasteiger partial charge on any atom is 0.271 e. The van der Waals surface area contributed by atoms with Gasteiger partial charge in [-0.3, -0.25) is 24.6 Å². The SMILES string of the molecule is COCCN1C(=O)C(CC(=O)Nc2cccc([N+](=O)[O-])c2)SC1=Nc1ccc(Cl)cc1. The molecule has 2 aromatic rings. The van der Waals surface area contributed by atoms with Gasteiger partial charge in [0.05, 0.1) is 23.8 Å². The smallest absolute Gasteiger partial charge is 0.271 e. The Morgan fingerprint density at radius 3 is 2.74 bits per heavy atom. The highest BCUT2D eigenvalue weighted by Gasteiger charge is 2.39. The van der Waals surface area contributed by atoms with Crippen molar-refractivity contribution in [2.75, 3.05) is 25.6 Å². The molecule has 2 amide bonds. The molecule has 1 unspecified atom stereocenters. The van der Waals surface area contributed by atoms with E-state index >= 15 is 0 Å². The third-order valence-corrected chi connectivity index (χ3v) is 5.73. The molecule has 2 aromatic carbocycles. The molecular formula is C20H19ClN4O5S.